The van der Waals surface area contributed by atoms with Crippen LogP contribution in [0.1, 0.15) is 11.1 Å². The second-order valence-electron chi connectivity index (χ2n) is 5.32. The van der Waals surface area contributed by atoms with Crippen molar-refractivity contribution in [3.05, 3.63) is 59.7 Å². The van der Waals surface area contributed by atoms with Gasteiger partial charge in [0.05, 0.1) is 13.1 Å². The number of benzene rings is 2. The Balaban J connectivity index is 1.69. The van der Waals surface area contributed by atoms with Crippen molar-refractivity contribution in [1.82, 2.24) is 4.42 Å². The Morgan fingerprint density at radius 1 is 1.13 bits per heavy atom. The van der Waals surface area contributed by atoms with Crippen molar-refractivity contribution in [2.75, 3.05) is 23.7 Å². The van der Waals surface area contributed by atoms with Crippen molar-refractivity contribution in [3.63, 3.8) is 0 Å². The first-order chi connectivity index (χ1) is 11.1. The zero-order valence-corrected chi connectivity index (χ0v) is 13.5. The lowest BCUT2D eigenvalue weighted by molar-refractivity contribution is 0.262. The smallest absolute Gasteiger partial charge is 0.308 e. The Kier molecular flexibility index (Phi) is 4.48. The number of aryl methyl sites for hydroxylation is 1. The first-order valence-corrected chi connectivity index (χ1v) is 7.68. The number of halogens is 1. The third-order valence-electron chi connectivity index (χ3n) is 3.44. The number of amides is 2. The van der Waals surface area contributed by atoms with E-state index in [9.17, 15) is 4.79 Å². The molecule has 118 valence electrons. The highest BCUT2D eigenvalue weighted by Crippen LogP contribution is 2.18. The zero-order valence-electron chi connectivity index (χ0n) is 12.7. The zero-order chi connectivity index (χ0) is 16.2. The lowest BCUT2D eigenvalue weighted by Gasteiger charge is -2.12. The standard InChI is InChI=1S/C17H17ClN4O/c1-12-4-2-6-14(10-12)20-17(23)21-15-7-3-5-13(11-15)16-19-8-9-22(16)18/h2-7,10-11H,8-9H2,1H3,(H2,20,21,23). The lowest BCUT2D eigenvalue weighted by Crippen LogP contribution is -2.20. The van der Waals surface area contributed by atoms with E-state index in [0.717, 1.165) is 22.6 Å². The van der Waals surface area contributed by atoms with Crippen molar-refractivity contribution < 1.29 is 4.79 Å². The number of hydrogen-bond donors (Lipinski definition) is 2. The first-order valence-electron chi connectivity index (χ1n) is 7.35. The fourth-order valence-electron chi connectivity index (χ4n) is 2.41. The second-order valence-corrected chi connectivity index (χ2v) is 5.73. The second kappa shape index (κ2) is 6.71. The Labute approximate surface area is 140 Å². The molecule has 0 saturated heterocycles. The van der Waals surface area contributed by atoms with E-state index < -0.39 is 0 Å². The van der Waals surface area contributed by atoms with Crippen molar-refractivity contribution in [3.8, 4) is 0 Å². The molecule has 0 fully saturated rings. The first kappa shape index (κ1) is 15.4. The summed E-state index contributed by atoms with van der Waals surface area (Å²) in [5.41, 5.74) is 3.41. The summed E-state index contributed by atoms with van der Waals surface area (Å²) in [5, 5.41) is 5.63. The minimum atomic E-state index is -0.288. The molecule has 3 rings (SSSR count). The van der Waals surface area contributed by atoms with Crippen LogP contribution in [0.25, 0.3) is 0 Å². The highest BCUT2D eigenvalue weighted by Gasteiger charge is 2.17. The van der Waals surface area contributed by atoms with Crippen LogP contribution in [0.2, 0.25) is 0 Å². The molecular formula is C17H17ClN4O. The maximum absolute atomic E-state index is 12.1. The van der Waals surface area contributed by atoms with Gasteiger partial charge in [-0.3, -0.25) is 9.41 Å². The molecule has 0 bridgehead atoms. The minimum absolute atomic E-state index is 0.288. The Hall–Kier alpha value is -2.53. The Morgan fingerprint density at radius 3 is 2.48 bits per heavy atom. The summed E-state index contributed by atoms with van der Waals surface area (Å²) in [4.78, 5) is 16.5. The fourth-order valence-corrected chi connectivity index (χ4v) is 2.64. The largest absolute Gasteiger partial charge is 0.323 e. The molecule has 0 radical (unpaired) electrons. The van der Waals surface area contributed by atoms with Crippen LogP contribution < -0.4 is 10.6 Å². The lowest BCUT2D eigenvalue weighted by atomic mass is 10.2. The fraction of sp³-hybridized carbons (Fsp3) is 0.176. The molecule has 2 aromatic rings. The molecule has 23 heavy (non-hydrogen) atoms. The number of hydrogen-bond acceptors (Lipinski definition) is 3. The molecule has 6 heteroatoms. The van der Waals surface area contributed by atoms with Crippen LogP contribution >= 0.6 is 11.8 Å². The number of nitrogens with one attached hydrogen (secondary N) is 2. The molecule has 1 aliphatic heterocycles. The summed E-state index contributed by atoms with van der Waals surface area (Å²) < 4.78 is 1.59. The summed E-state index contributed by atoms with van der Waals surface area (Å²) in [6, 6.07) is 14.8. The summed E-state index contributed by atoms with van der Waals surface area (Å²) >= 11 is 6.10. The van der Waals surface area contributed by atoms with Crippen LogP contribution in [0, 0.1) is 6.92 Å². The van der Waals surface area contributed by atoms with Gasteiger partial charge in [-0.15, -0.1) is 0 Å². The summed E-state index contributed by atoms with van der Waals surface area (Å²) in [6.45, 7) is 3.36. The van der Waals surface area contributed by atoms with Gasteiger partial charge in [0.25, 0.3) is 0 Å². The maximum atomic E-state index is 12.1. The van der Waals surface area contributed by atoms with Gasteiger partial charge in [-0.2, -0.15) is 0 Å². The summed E-state index contributed by atoms with van der Waals surface area (Å²) in [5.74, 6) is 0.731. The molecule has 0 unspecified atom stereocenters. The number of urea groups is 1. The van der Waals surface area contributed by atoms with Crippen LogP contribution in [-0.2, 0) is 0 Å². The minimum Gasteiger partial charge on any atom is -0.308 e. The van der Waals surface area contributed by atoms with Gasteiger partial charge in [0, 0.05) is 28.7 Å². The van der Waals surface area contributed by atoms with Crippen molar-refractivity contribution >= 4 is 35.0 Å². The van der Waals surface area contributed by atoms with Crippen LogP contribution in [0.15, 0.2) is 53.5 Å². The quantitative estimate of drug-likeness (QED) is 0.841. The van der Waals surface area contributed by atoms with Crippen LogP contribution in [0.4, 0.5) is 16.2 Å². The van der Waals surface area contributed by atoms with Gasteiger partial charge in [0.15, 0.2) is 0 Å². The van der Waals surface area contributed by atoms with Crippen LogP contribution in [0.5, 0.6) is 0 Å². The van der Waals surface area contributed by atoms with Gasteiger partial charge < -0.3 is 10.6 Å². The molecule has 0 saturated carbocycles. The third kappa shape index (κ3) is 3.81. The average Bonchev–Trinajstić information content (AvgIpc) is 2.93. The highest BCUT2D eigenvalue weighted by atomic mass is 35.5. The van der Waals surface area contributed by atoms with Crippen LogP contribution in [-0.4, -0.2) is 29.4 Å². The van der Waals surface area contributed by atoms with Crippen molar-refractivity contribution in [2.45, 2.75) is 6.92 Å². The van der Waals surface area contributed by atoms with Gasteiger partial charge in [-0.1, -0.05) is 24.3 Å². The van der Waals surface area contributed by atoms with E-state index in [2.05, 4.69) is 15.6 Å². The number of nitrogens with zero attached hydrogens (tertiary/aromatic N) is 2. The molecular weight excluding hydrogens is 312 g/mol. The van der Waals surface area contributed by atoms with Crippen molar-refractivity contribution in [2.24, 2.45) is 4.99 Å². The molecule has 2 N–H and O–H groups in total. The molecule has 5 nitrogen and oxygen atoms in total. The van der Waals surface area contributed by atoms with E-state index in [0.29, 0.717) is 18.8 Å². The molecule has 1 heterocycles. The third-order valence-corrected chi connectivity index (χ3v) is 3.77. The normalized spacial score (nSPS) is 13.7. The summed E-state index contributed by atoms with van der Waals surface area (Å²) in [6.07, 6.45) is 0. The van der Waals surface area contributed by atoms with E-state index in [-0.39, 0.29) is 6.03 Å². The topological polar surface area (TPSA) is 56.7 Å². The van der Waals surface area contributed by atoms with Crippen LogP contribution in [0.3, 0.4) is 0 Å². The summed E-state index contributed by atoms with van der Waals surface area (Å²) in [7, 11) is 0. The van der Waals surface area contributed by atoms with Gasteiger partial charge >= 0.3 is 6.03 Å². The molecule has 0 aromatic heterocycles. The van der Waals surface area contributed by atoms with Gasteiger partial charge in [0.2, 0.25) is 0 Å². The molecule has 1 aliphatic rings. The van der Waals surface area contributed by atoms with Gasteiger partial charge in [-0.25, -0.2) is 4.79 Å². The Bertz CT molecular complexity index is 760. The van der Waals surface area contributed by atoms with E-state index in [4.69, 9.17) is 11.8 Å². The average molecular weight is 329 g/mol. The van der Waals surface area contributed by atoms with Gasteiger partial charge in [0.1, 0.15) is 5.84 Å². The number of carbonyl (C=O) groups excluding carboxylic acids is 1. The van der Waals surface area contributed by atoms with E-state index in [1.54, 1.807) is 4.42 Å². The number of amidine groups is 1. The molecule has 0 atom stereocenters. The number of aliphatic imine (C=N–C) groups is 1. The number of rotatable bonds is 3. The Morgan fingerprint density at radius 2 is 1.83 bits per heavy atom. The van der Waals surface area contributed by atoms with E-state index >= 15 is 0 Å². The monoisotopic (exact) mass is 328 g/mol. The molecule has 0 aliphatic carbocycles. The molecule has 2 aromatic carbocycles. The van der Waals surface area contributed by atoms with Crippen molar-refractivity contribution in [1.29, 1.82) is 0 Å². The number of anilines is 2. The van der Waals surface area contributed by atoms with Gasteiger partial charge in [-0.05, 0) is 36.8 Å². The van der Waals surface area contributed by atoms with E-state index in [1.807, 2.05) is 55.5 Å². The molecule has 2 amide bonds. The number of carbonyl (C=O) groups is 1. The SMILES string of the molecule is Cc1cccc(NC(=O)Nc2cccc(C3=NCCN3Cl)c2)c1. The predicted octanol–water partition coefficient (Wildman–Crippen LogP) is 3.86. The highest BCUT2D eigenvalue weighted by molar-refractivity contribution is 6.26. The van der Waals surface area contributed by atoms with E-state index in [1.165, 1.54) is 0 Å². The molecule has 0 spiro atoms. The maximum Gasteiger partial charge on any atom is 0.323 e. The predicted molar refractivity (Wildman–Crippen MR) is 94.2 cm³/mol.